The fraction of sp³-hybridized carbons (Fsp3) is 0.316. The van der Waals surface area contributed by atoms with Gasteiger partial charge in [-0.1, -0.05) is 35.5 Å². The van der Waals surface area contributed by atoms with Gasteiger partial charge in [0.25, 0.3) is 0 Å². The highest BCUT2D eigenvalue weighted by atomic mass is 32.2. The van der Waals surface area contributed by atoms with Crippen LogP contribution >= 0.6 is 0 Å². The number of hydrogen-bond donors (Lipinski definition) is 0. The van der Waals surface area contributed by atoms with Gasteiger partial charge in [0, 0.05) is 12.1 Å². The fourth-order valence-electron chi connectivity index (χ4n) is 3.55. The molecule has 1 fully saturated rings. The van der Waals surface area contributed by atoms with Crippen molar-refractivity contribution in [1.82, 2.24) is 4.31 Å². The lowest BCUT2D eigenvalue weighted by Gasteiger charge is -2.18. The molecule has 5 nitrogen and oxygen atoms in total. The van der Waals surface area contributed by atoms with Gasteiger partial charge < -0.3 is 4.84 Å². The van der Waals surface area contributed by atoms with Gasteiger partial charge in [0.2, 0.25) is 10.0 Å². The Morgan fingerprint density at radius 1 is 1.15 bits per heavy atom. The van der Waals surface area contributed by atoms with E-state index in [4.69, 9.17) is 4.84 Å². The van der Waals surface area contributed by atoms with Gasteiger partial charge in [0.05, 0.1) is 18.2 Å². The minimum absolute atomic E-state index is 0.154. The molecule has 0 spiro atoms. The molecule has 4 rings (SSSR count). The first-order valence-electron chi connectivity index (χ1n) is 8.44. The average molecular weight is 374 g/mol. The van der Waals surface area contributed by atoms with Crippen molar-refractivity contribution in [3.8, 4) is 0 Å². The zero-order valence-corrected chi connectivity index (χ0v) is 15.3. The maximum absolute atomic E-state index is 14.1. The van der Waals surface area contributed by atoms with Crippen molar-refractivity contribution in [3.05, 3.63) is 65.0 Å². The lowest BCUT2D eigenvalue weighted by molar-refractivity contribution is 0.0803. The van der Waals surface area contributed by atoms with Crippen LogP contribution in [0.3, 0.4) is 0 Å². The quantitative estimate of drug-likeness (QED) is 0.830. The normalized spacial score (nSPS) is 22.8. The number of aryl methyl sites for hydroxylation is 2. The summed E-state index contributed by atoms with van der Waals surface area (Å²) in [5, 5.41) is 4.19. The fourth-order valence-corrected chi connectivity index (χ4v) is 5.18. The number of sulfonamides is 1. The highest BCUT2D eigenvalue weighted by Gasteiger charge is 2.47. The van der Waals surface area contributed by atoms with Crippen LogP contribution in [0, 0.1) is 25.6 Å². The SMILES string of the molecule is Cc1ccc(F)c(S(=O)(=O)N2CC3ON=C(c4ccccc4C)C3C2)c1. The van der Waals surface area contributed by atoms with Crippen molar-refractivity contribution in [1.29, 1.82) is 0 Å². The standard InChI is InChI=1S/C19H19FN2O3S/c1-12-7-8-16(20)18(9-12)26(23,24)22-10-15-17(11-22)25-21-19(15)14-6-4-3-5-13(14)2/h3-9,15,17H,10-11H2,1-2H3. The Balaban J connectivity index is 1.64. The minimum Gasteiger partial charge on any atom is -0.390 e. The first-order chi connectivity index (χ1) is 12.4. The summed E-state index contributed by atoms with van der Waals surface area (Å²) in [6.45, 7) is 4.12. The molecule has 2 atom stereocenters. The van der Waals surface area contributed by atoms with Crippen molar-refractivity contribution in [2.75, 3.05) is 13.1 Å². The lowest BCUT2D eigenvalue weighted by atomic mass is 9.92. The number of rotatable bonds is 3. The van der Waals surface area contributed by atoms with Gasteiger partial charge in [0.15, 0.2) is 6.10 Å². The summed E-state index contributed by atoms with van der Waals surface area (Å²) in [5.41, 5.74) is 3.47. The van der Waals surface area contributed by atoms with Crippen LogP contribution in [0.1, 0.15) is 16.7 Å². The van der Waals surface area contributed by atoms with E-state index in [2.05, 4.69) is 5.16 Å². The van der Waals surface area contributed by atoms with E-state index in [9.17, 15) is 12.8 Å². The molecule has 2 aliphatic heterocycles. The summed E-state index contributed by atoms with van der Waals surface area (Å²) >= 11 is 0. The Bertz CT molecular complexity index is 1000. The first kappa shape index (κ1) is 17.2. The van der Waals surface area contributed by atoms with Gasteiger partial charge in [0.1, 0.15) is 10.7 Å². The summed E-state index contributed by atoms with van der Waals surface area (Å²) in [4.78, 5) is 5.22. The van der Waals surface area contributed by atoms with E-state index in [0.29, 0.717) is 5.56 Å². The van der Waals surface area contributed by atoms with Crippen LogP contribution in [0.15, 0.2) is 52.5 Å². The summed E-state index contributed by atoms with van der Waals surface area (Å²) < 4.78 is 41.3. The van der Waals surface area contributed by atoms with Crippen LogP contribution in [0.4, 0.5) is 4.39 Å². The van der Waals surface area contributed by atoms with Gasteiger partial charge in [-0.2, -0.15) is 4.31 Å². The van der Waals surface area contributed by atoms with Crippen LogP contribution < -0.4 is 0 Å². The molecule has 0 N–H and O–H groups in total. The third-order valence-electron chi connectivity index (χ3n) is 5.00. The Morgan fingerprint density at radius 3 is 2.69 bits per heavy atom. The summed E-state index contributed by atoms with van der Waals surface area (Å²) in [5.74, 6) is -0.889. The molecule has 26 heavy (non-hydrogen) atoms. The molecule has 0 bridgehead atoms. The molecule has 2 aliphatic rings. The van der Waals surface area contributed by atoms with Gasteiger partial charge in [-0.15, -0.1) is 0 Å². The van der Waals surface area contributed by atoms with E-state index in [-0.39, 0.29) is 30.0 Å². The minimum atomic E-state index is -3.93. The summed E-state index contributed by atoms with van der Waals surface area (Å²) in [6, 6.07) is 11.9. The molecule has 0 amide bonds. The molecule has 0 saturated carbocycles. The van der Waals surface area contributed by atoms with Crippen LogP contribution in [0.2, 0.25) is 0 Å². The van der Waals surface area contributed by atoms with Gasteiger partial charge >= 0.3 is 0 Å². The number of nitrogens with zero attached hydrogens (tertiary/aromatic N) is 2. The van der Waals surface area contributed by atoms with Crippen molar-refractivity contribution < 1.29 is 17.6 Å². The first-order valence-corrected chi connectivity index (χ1v) is 9.88. The van der Waals surface area contributed by atoms with E-state index in [0.717, 1.165) is 16.8 Å². The Labute approximate surface area is 152 Å². The maximum atomic E-state index is 14.1. The number of benzene rings is 2. The molecule has 136 valence electrons. The predicted molar refractivity (Wildman–Crippen MR) is 96.0 cm³/mol. The van der Waals surface area contributed by atoms with Crippen molar-refractivity contribution in [3.63, 3.8) is 0 Å². The number of fused-ring (bicyclic) bond motifs is 1. The van der Waals surface area contributed by atoms with E-state index >= 15 is 0 Å². The molecule has 0 aliphatic carbocycles. The monoisotopic (exact) mass is 374 g/mol. The van der Waals surface area contributed by atoms with Crippen molar-refractivity contribution in [2.24, 2.45) is 11.1 Å². The predicted octanol–water partition coefficient (Wildman–Crippen LogP) is 2.87. The average Bonchev–Trinajstić information content (AvgIpc) is 3.19. The Kier molecular flexibility index (Phi) is 4.08. The van der Waals surface area contributed by atoms with Crippen LogP contribution in [0.5, 0.6) is 0 Å². The molecule has 7 heteroatoms. The molecular weight excluding hydrogens is 355 g/mol. The lowest BCUT2D eigenvalue weighted by Crippen LogP contribution is -2.31. The Hall–Kier alpha value is -2.25. The smallest absolute Gasteiger partial charge is 0.246 e. The van der Waals surface area contributed by atoms with E-state index < -0.39 is 15.8 Å². The van der Waals surface area contributed by atoms with Gasteiger partial charge in [-0.3, -0.25) is 0 Å². The largest absolute Gasteiger partial charge is 0.390 e. The van der Waals surface area contributed by atoms with Gasteiger partial charge in [-0.25, -0.2) is 12.8 Å². The number of hydrogen-bond acceptors (Lipinski definition) is 4. The molecule has 0 radical (unpaired) electrons. The van der Waals surface area contributed by atoms with E-state index in [1.165, 1.54) is 16.4 Å². The molecule has 2 aromatic carbocycles. The number of halogens is 1. The summed E-state index contributed by atoms with van der Waals surface area (Å²) in [6.07, 6.45) is -0.341. The van der Waals surface area contributed by atoms with Crippen LogP contribution in [-0.2, 0) is 14.9 Å². The third kappa shape index (κ3) is 2.71. The second-order valence-corrected chi connectivity index (χ2v) is 8.70. The second kappa shape index (κ2) is 6.17. The van der Waals surface area contributed by atoms with Crippen LogP contribution in [0.25, 0.3) is 0 Å². The highest BCUT2D eigenvalue weighted by Crippen LogP contribution is 2.34. The molecule has 1 saturated heterocycles. The van der Waals surface area contributed by atoms with Crippen molar-refractivity contribution in [2.45, 2.75) is 24.8 Å². The number of oxime groups is 1. The highest BCUT2D eigenvalue weighted by molar-refractivity contribution is 7.89. The maximum Gasteiger partial charge on any atom is 0.246 e. The molecule has 2 aromatic rings. The summed E-state index contributed by atoms with van der Waals surface area (Å²) in [7, 11) is -3.93. The van der Waals surface area contributed by atoms with Gasteiger partial charge in [-0.05, 0) is 37.1 Å². The zero-order chi connectivity index (χ0) is 18.5. The van der Waals surface area contributed by atoms with E-state index in [1.54, 1.807) is 13.0 Å². The molecule has 2 heterocycles. The third-order valence-corrected chi connectivity index (χ3v) is 6.84. The van der Waals surface area contributed by atoms with Crippen molar-refractivity contribution >= 4 is 15.7 Å². The second-order valence-electron chi connectivity index (χ2n) is 6.80. The van der Waals surface area contributed by atoms with Crippen LogP contribution in [-0.4, -0.2) is 37.6 Å². The van der Waals surface area contributed by atoms with E-state index in [1.807, 2.05) is 31.2 Å². The zero-order valence-electron chi connectivity index (χ0n) is 14.5. The Morgan fingerprint density at radius 2 is 1.92 bits per heavy atom. The molecule has 0 aromatic heterocycles. The molecular formula is C19H19FN2O3S. The topological polar surface area (TPSA) is 59.0 Å². The molecule has 2 unspecified atom stereocenters.